The van der Waals surface area contributed by atoms with Crippen LogP contribution < -0.4 is 4.72 Å². The summed E-state index contributed by atoms with van der Waals surface area (Å²) in [4.78, 5) is 4.06. The molecule has 2 rings (SSSR count). The Morgan fingerprint density at radius 1 is 1.29 bits per heavy atom. The highest BCUT2D eigenvalue weighted by molar-refractivity contribution is 7.92. The molecule has 0 atom stereocenters. The molecule has 6 heteroatoms. The van der Waals surface area contributed by atoms with Crippen LogP contribution in [0.15, 0.2) is 47.5 Å². The number of benzene rings is 1. The highest BCUT2D eigenvalue weighted by Gasteiger charge is 2.15. The average molecular weight is 302 g/mol. The van der Waals surface area contributed by atoms with E-state index in [0.717, 1.165) is 5.56 Å². The third-order valence-corrected chi connectivity index (χ3v) is 3.96. The lowest BCUT2D eigenvalue weighted by atomic mass is 10.2. The van der Waals surface area contributed by atoms with E-state index in [9.17, 15) is 8.42 Å². The monoisotopic (exact) mass is 302 g/mol. The molecule has 108 valence electrons. The van der Waals surface area contributed by atoms with Crippen LogP contribution in [0.2, 0.25) is 0 Å². The molecule has 1 aromatic carbocycles. The summed E-state index contributed by atoms with van der Waals surface area (Å²) in [5.74, 6) is 5.42. The zero-order valence-corrected chi connectivity index (χ0v) is 12.2. The molecule has 5 nitrogen and oxygen atoms in total. The number of aryl methyl sites for hydroxylation is 1. The molecule has 0 unspecified atom stereocenters. The van der Waals surface area contributed by atoms with Crippen molar-refractivity contribution in [2.24, 2.45) is 0 Å². The Bertz CT molecular complexity index is 805. The van der Waals surface area contributed by atoms with Gasteiger partial charge >= 0.3 is 0 Å². The largest absolute Gasteiger partial charge is 0.384 e. The van der Waals surface area contributed by atoms with E-state index in [1.165, 1.54) is 18.3 Å². The normalized spacial score (nSPS) is 10.6. The van der Waals surface area contributed by atoms with Gasteiger partial charge in [-0.2, -0.15) is 0 Å². The van der Waals surface area contributed by atoms with Gasteiger partial charge in [0.15, 0.2) is 0 Å². The third kappa shape index (κ3) is 4.05. The number of hydrogen-bond acceptors (Lipinski definition) is 4. The van der Waals surface area contributed by atoms with Crippen molar-refractivity contribution < 1.29 is 13.5 Å². The number of nitrogens with zero attached hydrogens (tertiary/aromatic N) is 1. The summed E-state index contributed by atoms with van der Waals surface area (Å²) in [5, 5.41) is 8.67. The molecule has 0 saturated carbocycles. The molecule has 0 aliphatic carbocycles. The fraction of sp³-hybridized carbons (Fsp3) is 0.133. The van der Waals surface area contributed by atoms with E-state index >= 15 is 0 Å². The van der Waals surface area contributed by atoms with Crippen LogP contribution >= 0.6 is 0 Å². The summed E-state index contributed by atoms with van der Waals surface area (Å²) in [6, 6.07) is 9.62. The van der Waals surface area contributed by atoms with E-state index < -0.39 is 10.0 Å². The van der Waals surface area contributed by atoms with Gasteiger partial charge in [-0.25, -0.2) is 13.4 Å². The first kappa shape index (κ1) is 15.0. The Balaban J connectivity index is 2.31. The molecule has 0 fully saturated rings. The van der Waals surface area contributed by atoms with Gasteiger partial charge in [0.1, 0.15) is 12.4 Å². The molecule has 0 aliphatic rings. The van der Waals surface area contributed by atoms with Crippen LogP contribution in [-0.2, 0) is 10.0 Å². The molecular weight excluding hydrogens is 288 g/mol. The minimum atomic E-state index is -3.72. The van der Waals surface area contributed by atoms with Crippen molar-refractivity contribution >= 4 is 15.8 Å². The van der Waals surface area contributed by atoms with Crippen molar-refractivity contribution in [2.45, 2.75) is 11.8 Å². The first-order valence-electron chi connectivity index (χ1n) is 6.16. The number of hydrogen-bond donors (Lipinski definition) is 2. The van der Waals surface area contributed by atoms with Crippen molar-refractivity contribution in [1.29, 1.82) is 0 Å². The van der Waals surface area contributed by atoms with E-state index in [-0.39, 0.29) is 17.3 Å². The average Bonchev–Trinajstić information content (AvgIpc) is 2.45. The third-order valence-electron chi connectivity index (χ3n) is 2.61. The number of nitrogens with one attached hydrogen (secondary N) is 1. The second-order valence-electron chi connectivity index (χ2n) is 4.31. The van der Waals surface area contributed by atoms with Gasteiger partial charge in [-0.3, -0.25) is 4.72 Å². The van der Waals surface area contributed by atoms with Crippen molar-refractivity contribution in [3.05, 3.63) is 53.7 Å². The fourth-order valence-corrected chi connectivity index (χ4v) is 2.72. The van der Waals surface area contributed by atoms with E-state index in [1.54, 1.807) is 24.3 Å². The van der Waals surface area contributed by atoms with Crippen LogP contribution in [0.3, 0.4) is 0 Å². The molecule has 0 aliphatic heterocycles. The van der Waals surface area contributed by atoms with Crippen molar-refractivity contribution in [2.75, 3.05) is 11.3 Å². The Labute approximate surface area is 123 Å². The van der Waals surface area contributed by atoms with Crippen molar-refractivity contribution in [1.82, 2.24) is 4.98 Å². The fourth-order valence-electron chi connectivity index (χ4n) is 1.67. The highest BCUT2D eigenvalue weighted by atomic mass is 32.2. The molecule has 0 saturated heterocycles. The number of pyridine rings is 1. The zero-order valence-electron chi connectivity index (χ0n) is 11.4. The standard InChI is InChI=1S/C15H14N2O3S/c1-12-7-8-16-15(10-12)17-21(19,20)14-6-2-4-13(11-14)5-3-9-18/h2,4,6-8,10-11,18H,9H2,1H3,(H,16,17). The van der Waals surface area contributed by atoms with Crippen LogP contribution in [0.5, 0.6) is 0 Å². The predicted octanol–water partition coefficient (Wildman–Crippen LogP) is 1.53. The van der Waals surface area contributed by atoms with Crippen LogP contribution in [0.25, 0.3) is 0 Å². The van der Waals surface area contributed by atoms with E-state index in [4.69, 9.17) is 5.11 Å². The van der Waals surface area contributed by atoms with Crippen LogP contribution in [0, 0.1) is 18.8 Å². The van der Waals surface area contributed by atoms with Gasteiger partial charge in [0.25, 0.3) is 10.0 Å². The first-order valence-corrected chi connectivity index (χ1v) is 7.65. The number of sulfonamides is 1. The number of anilines is 1. The van der Waals surface area contributed by atoms with Crippen molar-refractivity contribution in [3.8, 4) is 11.8 Å². The number of rotatable bonds is 3. The zero-order chi connectivity index (χ0) is 15.3. The highest BCUT2D eigenvalue weighted by Crippen LogP contribution is 2.16. The van der Waals surface area contributed by atoms with E-state index in [1.807, 2.05) is 6.92 Å². The van der Waals surface area contributed by atoms with Gasteiger partial charge in [0.2, 0.25) is 0 Å². The number of aromatic nitrogens is 1. The van der Waals surface area contributed by atoms with Crippen LogP contribution in [0.4, 0.5) is 5.82 Å². The summed E-state index contributed by atoms with van der Waals surface area (Å²) < 4.78 is 27.0. The maximum Gasteiger partial charge on any atom is 0.263 e. The van der Waals surface area contributed by atoms with Crippen molar-refractivity contribution in [3.63, 3.8) is 0 Å². The Morgan fingerprint density at radius 2 is 2.10 bits per heavy atom. The van der Waals surface area contributed by atoms with Gasteiger partial charge in [-0.05, 0) is 42.8 Å². The summed E-state index contributed by atoms with van der Waals surface area (Å²) >= 11 is 0. The smallest absolute Gasteiger partial charge is 0.263 e. The molecule has 2 aromatic rings. The lowest BCUT2D eigenvalue weighted by Gasteiger charge is -2.08. The molecular formula is C15H14N2O3S. The second-order valence-corrected chi connectivity index (χ2v) is 5.99. The Morgan fingerprint density at radius 3 is 2.81 bits per heavy atom. The minimum Gasteiger partial charge on any atom is -0.384 e. The maximum absolute atomic E-state index is 12.3. The molecule has 21 heavy (non-hydrogen) atoms. The summed E-state index contributed by atoms with van der Waals surface area (Å²) in [7, 11) is -3.72. The topological polar surface area (TPSA) is 79.3 Å². The number of aliphatic hydroxyl groups is 1. The molecule has 0 radical (unpaired) electrons. The lowest BCUT2D eigenvalue weighted by molar-refractivity contribution is 0.350. The lowest BCUT2D eigenvalue weighted by Crippen LogP contribution is -2.14. The van der Waals surface area contributed by atoms with Gasteiger partial charge in [0.05, 0.1) is 4.90 Å². The predicted molar refractivity (Wildman–Crippen MR) is 80.2 cm³/mol. The van der Waals surface area contributed by atoms with Gasteiger partial charge < -0.3 is 5.11 Å². The van der Waals surface area contributed by atoms with Gasteiger partial charge in [-0.15, -0.1) is 0 Å². The second kappa shape index (κ2) is 6.39. The SMILES string of the molecule is Cc1ccnc(NS(=O)(=O)c2cccc(C#CCO)c2)c1. The molecule has 0 bridgehead atoms. The molecule has 1 heterocycles. The van der Waals surface area contributed by atoms with Crippen LogP contribution in [-0.4, -0.2) is 25.1 Å². The molecule has 1 aromatic heterocycles. The van der Waals surface area contributed by atoms with E-state index in [0.29, 0.717) is 5.56 Å². The van der Waals surface area contributed by atoms with E-state index in [2.05, 4.69) is 21.5 Å². The maximum atomic E-state index is 12.3. The Kier molecular flexibility index (Phi) is 4.58. The summed E-state index contributed by atoms with van der Waals surface area (Å²) in [5.41, 5.74) is 1.43. The molecule has 2 N–H and O–H groups in total. The molecule has 0 amide bonds. The first-order chi connectivity index (χ1) is 10.0. The van der Waals surface area contributed by atoms with Gasteiger partial charge in [-0.1, -0.05) is 17.9 Å². The molecule has 0 spiro atoms. The summed E-state index contributed by atoms with van der Waals surface area (Å²) in [6.45, 7) is 1.58. The van der Waals surface area contributed by atoms with Gasteiger partial charge in [0, 0.05) is 11.8 Å². The van der Waals surface area contributed by atoms with Crippen LogP contribution in [0.1, 0.15) is 11.1 Å². The Hall–Kier alpha value is -2.36. The summed E-state index contributed by atoms with van der Waals surface area (Å²) in [6.07, 6.45) is 1.54. The number of aliphatic hydroxyl groups excluding tert-OH is 1. The minimum absolute atomic E-state index is 0.0931. The quantitative estimate of drug-likeness (QED) is 0.843.